The molecule has 0 saturated carbocycles. The topological polar surface area (TPSA) is 57.6 Å². The third-order valence-corrected chi connectivity index (χ3v) is 2.41. The smallest absolute Gasteiger partial charge is 0.408 e. The van der Waals surface area contributed by atoms with Crippen LogP contribution in [-0.4, -0.2) is 40.1 Å². The van der Waals surface area contributed by atoms with Crippen molar-refractivity contribution in [3.63, 3.8) is 0 Å². The average Bonchev–Trinajstić information content (AvgIpc) is 2.45. The number of halogens is 3. The number of carboxylic acid groups (broad SMARTS) is 1. The minimum absolute atomic E-state index is 0.154. The van der Waals surface area contributed by atoms with Gasteiger partial charge < -0.3 is 10.0 Å². The molecule has 15 heavy (non-hydrogen) atoms. The van der Waals surface area contributed by atoms with Crippen molar-refractivity contribution in [3.8, 4) is 0 Å². The lowest BCUT2D eigenvalue weighted by Crippen LogP contribution is -2.49. The summed E-state index contributed by atoms with van der Waals surface area (Å²) in [5, 5.41) is 8.65. The van der Waals surface area contributed by atoms with Gasteiger partial charge in [-0.2, -0.15) is 13.2 Å². The maximum Gasteiger partial charge on any atom is 0.408 e. The van der Waals surface area contributed by atoms with Gasteiger partial charge in [0.1, 0.15) is 12.1 Å². The standard InChI is InChI=1S/C8H10F3NO3/c1-4(13)12-5(7(14)15)2-3-6(12)8(9,10)11/h5-6H,2-3H2,1H3,(H,14,15)/t5-,6+/m0/s1. The Balaban J connectivity index is 2.95. The number of carboxylic acids is 1. The lowest BCUT2D eigenvalue weighted by molar-refractivity contribution is -0.187. The minimum atomic E-state index is -4.56. The summed E-state index contributed by atoms with van der Waals surface area (Å²) in [6, 6.07) is -3.31. The monoisotopic (exact) mass is 225 g/mol. The van der Waals surface area contributed by atoms with Crippen molar-refractivity contribution in [1.29, 1.82) is 0 Å². The van der Waals surface area contributed by atoms with Crippen LogP contribution >= 0.6 is 0 Å². The number of carbonyl (C=O) groups excluding carboxylic acids is 1. The average molecular weight is 225 g/mol. The Morgan fingerprint density at radius 1 is 1.33 bits per heavy atom. The number of hydrogen-bond acceptors (Lipinski definition) is 2. The first-order valence-corrected chi connectivity index (χ1v) is 4.33. The zero-order valence-corrected chi connectivity index (χ0v) is 7.91. The largest absolute Gasteiger partial charge is 0.480 e. The second-order valence-corrected chi connectivity index (χ2v) is 3.42. The number of nitrogens with zero attached hydrogens (tertiary/aromatic N) is 1. The fraction of sp³-hybridized carbons (Fsp3) is 0.750. The molecule has 0 aromatic rings. The molecule has 0 spiro atoms. The van der Waals surface area contributed by atoms with Crippen LogP contribution in [0.4, 0.5) is 13.2 Å². The van der Waals surface area contributed by atoms with E-state index in [1.54, 1.807) is 0 Å². The summed E-state index contributed by atoms with van der Waals surface area (Å²) < 4.78 is 37.3. The van der Waals surface area contributed by atoms with Crippen molar-refractivity contribution in [2.45, 2.75) is 38.0 Å². The molecule has 0 unspecified atom stereocenters. The first-order valence-electron chi connectivity index (χ1n) is 4.33. The van der Waals surface area contributed by atoms with E-state index in [1.165, 1.54) is 0 Å². The summed E-state index contributed by atoms with van der Waals surface area (Å²) in [6.45, 7) is 0.944. The van der Waals surface area contributed by atoms with Crippen LogP contribution in [-0.2, 0) is 9.59 Å². The normalized spacial score (nSPS) is 26.8. The molecule has 1 heterocycles. The maximum atomic E-state index is 12.4. The van der Waals surface area contributed by atoms with Crippen molar-refractivity contribution in [1.82, 2.24) is 4.90 Å². The molecule has 4 nitrogen and oxygen atoms in total. The van der Waals surface area contributed by atoms with Crippen LogP contribution in [0.3, 0.4) is 0 Å². The summed E-state index contributed by atoms with van der Waals surface area (Å²) in [5.41, 5.74) is 0. The molecule has 1 amide bonds. The van der Waals surface area contributed by atoms with Crippen molar-refractivity contribution >= 4 is 11.9 Å². The highest BCUT2D eigenvalue weighted by molar-refractivity contribution is 5.83. The molecule has 1 N–H and O–H groups in total. The molecular formula is C8H10F3NO3. The molecule has 0 aromatic carbocycles. The van der Waals surface area contributed by atoms with Crippen LogP contribution in [0.5, 0.6) is 0 Å². The number of rotatable bonds is 1. The Morgan fingerprint density at radius 3 is 2.20 bits per heavy atom. The molecule has 1 rings (SSSR count). The van der Waals surface area contributed by atoms with Gasteiger partial charge in [-0.3, -0.25) is 4.79 Å². The lowest BCUT2D eigenvalue weighted by Gasteiger charge is -2.28. The van der Waals surface area contributed by atoms with Gasteiger partial charge in [0.2, 0.25) is 5.91 Å². The maximum absolute atomic E-state index is 12.4. The summed E-state index contributed by atoms with van der Waals surface area (Å²) >= 11 is 0. The highest BCUT2D eigenvalue weighted by Gasteiger charge is 2.52. The van der Waals surface area contributed by atoms with Crippen molar-refractivity contribution in [2.24, 2.45) is 0 Å². The fourth-order valence-corrected chi connectivity index (χ4v) is 1.81. The van der Waals surface area contributed by atoms with Gasteiger partial charge in [0, 0.05) is 6.92 Å². The molecule has 86 valence electrons. The van der Waals surface area contributed by atoms with E-state index in [1.807, 2.05) is 0 Å². The molecule has 0 aromatic heterocycles. The Labute approximate surface area is 83.7 Å². The first-order chi connectivity index (χ1) is 6.75. The molecule has 1 aliphatic heterocycles. The third kappa shape index (κ3) is 2.21. The Bertz CT molecular complexity index is 289. The molecule has 1 saturated heterocycles. The van der Waals surface area contributed by atoms with Gasteiger partial charge in [0.15, 0.2) is 0 Å². The van der Waals surface area contributed by atoms with Gasteiger partial charge >= 0.3 is 12.1 Å². The van der Waals surface area contributed by atoms with Gasteiger partial charge in [-0.15, -0.1) is 0 Å². The van der Waals surface area contributed by atoms with E-state index in [9.17, 15) is 22.8 Å². The number of alkyl halides is 3. The number of hydrogen-bond donors (Lipinski definition) is 1. The SMILES string of the molecule is CC(=O)N1[C@H](C(=O)O)CC[C@@H]1C(F)(F)F. The zero-order chi connectivity index (χ0) is 11.8. The van der Waals surface area contributed by atoms with E-state index < -0.39 is 30.1 Å². The number of amides is 1. The molecule has 7 heteroatoms. The van der Waals surface area contributed by atoms with Crippen molar-refractivity contribution in [3.05, 3.63) is 0 Å². The molecule has 1 aliphatic rings. The first kappa shape index (κ1) is 11.8. The number of aliphatic carboxylic acids is 1. The van der Waals surface area contributed by atoms with E-state index in [4.69, 9.17) is 5.11 Å². The quantitative estimate of drug-likeness (QED) is 0.724. The Morgan fingerprint density at radius 2 is 1.87 bits per heavy atom. The fourth-order valence-electron chi connectivity index (χ4n) is 1.81. The minimum Gasteiger partial charge on any atom is -0.480 e. The molecule has 0 aliphatic carbocycles. The summed E-state index contributed by atoms with van der Waals surface area (Å²) in [5.74, 6) is -2.25. The van der Waals surface area contributed by atoms with Crippen LogP contribution < -0.4 is 0 Å². The highest BCUT2D eigenvalue weighted by atomic mass is 19.4. The number of carbonyl (C=O) groups is 2. The van der Waals surface area contributed by atoms with E-state index >= 15 is 0 Å². The molecule has 0 radical (unpaired) electrons. The van der Waals surface area contributed by atoms with Crippen LogP contribution in [0.25, 0.3) is 0 Å². The molecule has 2 atom stereocenters. The van der Waals surface area contributed by atoms with Gasteiger partial charge in [0.05, 0.1) is 0 Å². The Kier molecular flexibility index (Phi) is 2.92. The predicted molar refractivity (Wildman–Crippen MR) is 43.0 cm³/mol. The zero-order valence-electron chi connectivity index (χ0n) is 7.91. The van der Waals surface area contributed by atoms with Gasteiger partial charge in [-0.05, 0) is 12.8 Å². The predicted octanol–water partition coefficient (Wildman–Crippen LogP) is 1.01. The van der Waals surface area contributed by atoms with E-state index in [2.05, 4.69) is 0 Å². The van der Waals surface area contributed by atoms with Gasteiger partial charge in [0.25, 0.3) is 0 Å². The third-order valence-electron chi connectivity index (χ3n) is 2.41. The van der Waals surface area contributed by atoms with Crippen LogP contribution in [0.15, 0.2) is 0 Å². The molecule has 1 fully saturated rings. The summed E-state index contributed by atoms with van der Waals surface area (Å²) in [4.78, 5) is 22.0. The van der Waals surface area contributed by atoms with Gasteiger partial charge in [-0.25, -0.2) is 4.79 Å². The number of likely N-dealkylation sites (tertiary alicyclic amines) is 1. The van der Waals surface area contributed by atoms with Gasteiger partial charge in [-0.1, -0.05) is 0 Å². The van der Waals surface area contributed by atoms with E-state index in [0.29, 0.717) is 4.90 Å². The summed E-state index contributed by atoms with van der Waals surface area (Å²) in [6.07, 6.45) is -5.06. The Hall–Kier alpha value is -1.27. The van der Waals surface area contributed by atoms with Crippen molar-refractivity contribution in [2.75, 3.05) is 0 Å². The summed E-state index contributed by atoms with van der Waals surface area (Å²) in [7, 11) is 0. The lowest BCUT2D eigenvalue weighted by atomic mass is 10.2. The molecular weight excluding hydrogens is 215 g/mol. The van der Waals surface area contributed by atoms with E-state index in [-0.39, 0.29) is 12.8 Å². The second kappa shape index (κ2) is 3.71. The molecule has 0 bridgehead atoms. The second-order valence-electron chi connectivity index (χ2n) is 3.42. The van der Waals surface area contributed by atoms with Crippen molar-refractivity contribution < 1.29 is 27.9 Å². The van der Waals surface area contributed by atoms with E-state index in [0.717, 1.165) is 6.92 Å². The van der Waals surface area contributed by atoms with Crippen LogP contribution in [0, 0.1) is 0 Å². The van der Waals surface area contributed by atoms with Crippen LogP contribution in [0.2, 0.25) is 0 Å². The highest BCUT2D eigenvalue weighted by Crippen LogP contribution is 2.35. The van der Waals surface area contributed by atoms with Crippen LogP contribution in [0.1, 0.15) is 19.8 Å².